The first kappa shape index (κ1) is 18.5. The SMILES string of the molecule is S=C(c1ccc(OCc2ccccc2)cc1)N1CCN(c2ccccc2)CC1. The highest BCUT2D eigenvalue weighted by Crippen LogP contribution is 2.19. The summed E-state index contributed by atoms with van der Waals surface area (Å²) in [7, 11) is 0. The van der Waals surface area contributed by atoms with Crippen LogP contribution < -0.4 is 9.64 Å². The Bertz CT molecular complexity index is 889. The summed E-state index contributed by atoms with van der Waals surface area (Å²) in [5.41, 5.74) is 3.53. The van der Waals surface area contributed by atoms with E-state index >= 15 is 0 Å². The third kappa shape index (κ3) is 4.52. The molecular formula is C24H24N2OS. The number of anilines is 1. The Hall–Kier alpha value is -2.85. The third-order valence-corrected chi connectivity index (χ3v) is 5.53. The van der Waals surface area contributed by atoms with Crippen molar-refractivity contribution in [3.63, 3.8) is 0 Å². The topological polar surface area (TPSA) is 15.7 Å². The molecule has 4 heteroatoms. The van der Waals surface area contributed by atoms with E-state index in [2.05, 4.69) is 64.4 Å². The molecule has 3 nitrogen and oxygen atoms in total. The molecule has 142 valence electrons. The monoisotopic (exact) mass is 388 g/mol. The zero-order chi connectivity index (χ0) is 19.2. The van der Waals surface area contributed by atoms with E-state index in [4.69, 9.17) is 17.0 Å². The highest BCUT2D eigenvalue weighted by atomic mass is 32.1. The van der Waals surface area contributed by atoms with Crippen molar-refractivity contribution in [3.05, 3.63) is 96.1 Å². The van der Waals surface area contributed by atoms with E-state index in [9.17, 15) is 0 Å². The molecule has 28 heavy (non-hydrogen) atoms. The molecule has 0 N–H and O–H groups in total. The van der Waals surface area contributed by atoms with Crippen LogP contribution in [0, 0.1) is 0 Å². The highest BCUT2D eigenvalue weighted by molar-refractivity contribution is 7.80. The summed E-state index contributed by atoms with van der Waals surface area (Å²) in [6.45, 7) is 4.44. The van der Waals surface area contributed by atoms with Gasteiger partial charge in [-0.25, -0.2) is 0 Å². The largest absolute Gasteiger partial charge is 0.489 e. The fourth-order valence-electron chi connectivity index (χ4n) is 3.42. The number of hydrogen-bond acceptors (Lipinski definition) is 3. The molecule has 4 rings (SSSR count). The highest BCUT2D eigenvalue weighted by Gasteiger charge is 2.19. The van der Waals surface area contributed by atoms with E-state index in [1.807, 2.05) is 30.3 Å². The van der Waals surface area contributed by atoms with E-state index in [1.54, 1.807) is 0 Å². The lowest BCUT2D eigenvalue weighted by atomic mass is 10.1. The van der Waals surface area contributed by atoms with Gasteiger partial charge in [-0.15, -0.1) is 0 Å². The molecule has 3 aromatic rings. The Morgan fingerprint density at radius 3 is 2.00 bits per heavy atom. The standard InChI is InChI=1S/C24H24N2OS/c28-24(26-17-15-25(16-18-26)22-9-5-2-6-10-22)21-11-13-23(14-12-21)27-19-20-7-3-1-4-8-20/h1-14H,15-19H2. The van der Waals surface area contributed by atoms with Gasteiger partial charge in [0.2, 0.25) is 0 Å². The number of thiocarbonyl (C=S) groups is 1. The molecule has 1 fully saturated rings. The van der Waals surface area contributed by atoms with Crippen molar-refractivity contribution in [1.82, 2.24) is 4.90 Å². The maximum atomic E-state index is 5.87. The van der Waals surface area contributed by atoms with Crippen LogP contribution in [0.5, 0.6) is 5.75 Å². The number of hydrogen-bond donors (Lipinski definition) is 0. The van der Waals surface area contributed by atoms with Crippen molar-refractivity contribution in [1.29, 1.82) is 0 Å². The number of benzene rings is 3. The van der Waals surface area contributed by atoms with Crippen LogP contribution in [0.15, 0.2) is 84.9 Å². The van der Waals surface area contributed by atoms with Gasteiger partial charge in [0, 0.05) is 37.4 Å². The Morgan fingerprint density at radius 2 is 1.36 bits per heavy atom. The Morgan fingerprint density at radius 1 is 0.750 bits per heavy atom. The van der Waals surface area contributed by atoms with Crippen molar-refractivity contribution < 1.29 is 4.74 Å². The van der Waals surface area contributed by atoms with Gasteiger partial charge in [0.05, 0.1) is 0 Å². The zero-order valence-corrected chi connectivity index (χ0v) is 16.6. The van der Waals surface area contributed by atoms with Gasteiger partial charge < -0.3 is 14.5 Å². The van der Waals surface area contributed by atoms with Crippen LogP contribution in [-0.2, 0) is 6.61 Å². The molecule has 0 atom stereocenters. The summed E-state index contributed by atoms with van der Waals surface area (Å²) >= 11 is 5.75. The second-order valence-corrected chi connectivity index (χ2v) is 7.30. The number of ether oxygens (including phenoxy) is 1. The predicted molar refractivity (Wildman–Crippen MR) is 119 cm³/mol. The molecule has 3 aromatic carbocycles. The van der Waals surface area contributed by atoms with E-state index in [-0.39, 0.29) is 0 Å². The molecule has 1 saturated heterocycles. The van der Waals surface area contributed by atoms with Crippen LogP contribution >= 0.6 is 12.2 Å². The Labute approximate surface area is 172 Å². The quantitative estimate of drug-likeness (QED) is 0.585. The minimum atomic E-state index is 0.575. The van der Waals surface area contributed by atoms with Crippen LogP contribution in [-0.4, -0.2) is 36.1 Å². The molecule has 1 aliphatic rings. The van der Waals surface area contributed by atoms with E-state index < -0.39 is 0 Å². The van der Waals surface area contributed by atoms with Crippen LogP contribution in [0.2, 0.25) is 0 Å². The van der Waals surface area contributed by atoms with Gasteiger partial charge in [0.15, 0.2) is 0 Å². The summed E-state index contributed by atoms with van der Waals surface area (Å²) in [5, 5.41) is 0. The molecule has 1 heterocycles. The lowest BCUT2D eigenvalue weighted by molar-refractivity contribution is 0.306. The summed E-state index contributed by atoms with van der Waals surface area (Å²) in [4.78, 5) is 5.64. The Balaban J connectivity index is 1.31. The summed E-state index contributed by atoms with van der Waals surface area (Å²) < 4.78 is 5.87. The Kier molecular flexibility index (Phi) is 5.88. The molecular weight excluding hydrogens is 364 g/mol. The van der Waals surface area contributed by atoms with Crippen molar-refractivity contribution in [2.45, 2.75) is 6.61 Å². The zero-order valence-electron chi connectivity index (χ0n) is 15.8. The first-order valence-corrected chi connectivity index (χ1v) is 10.1. The summed E-state index contributed by atoms with van der Waals surface area (Å²) in [6.07, 6.45) is 0. The normalized spacial score (nSPS) is 14.0. The van der Waals surface area contributed by atoms with Crippen LogP contribution in [0.4, 0.5) is 5.69 Å². The minimum Gasteiger partial charge on any atom is -0.489 e. The van der Waals surface area contributed by atoms with Gasteiger partial charge >= 0.3 is 0 Å². The fraction of sp³-hybridized carbons (Fsp3) is 0.208. The number of nitrogens with zero attached hydrogens (tertiary/aromatic N) is 2. The smallest absolute Gasteiger partial charge is 0.119 e. The molecule has 0 saturated carbocycles. The maximum Gasteiger partial charge on any atom is 0.119 e. The number of rotatable bonds is 5. The lowest BCUT2D eigenvalue weighted by Crippen LogP contribution is -2.48. The van der Waals surface area contributed by atoms with Crippen molar-refractivity contribution in [2.24, 2.45) is 0 Å². The van der Waals surface area contributed by atoms with Gasteiger partial charge in [-0.05, 0) is 42.0 Å². The second-order valence-electron chi connectivity index (χ2n) is 6.91. The van der Waals surface area contributed by atoms with Crippen LogP contribution in [0.3, 0.4) is 0 Å². The first-order valence-electron chi connectivity index (χ1n) is 9.66. The van der Waals surface area contributed by atoms with Gasteiger partial charge in [0.25, 0.3) is 0 Å². The minimum absolute atomic E-state index is 0.575. The molecule has 0 aromatic heterocycles. The second kappa shape index (κ2) is 8.89. The fourth-order valence-corrected chi connectivity index (χ4v) is 3.74. The van der Waals surface area contributed by atoms with Gasteiger partial charge in [-0.2, -0.15) is 0 Å². The van der Waals surface area contributed by atoms with Crippen molar-refractivity contribution in [3.8, 4) is 5.75 Å². The molecule has 0 spiro atoms. The van der Waals surface area contributed by atoms with E-state index in [0.717, 1.165) is 42.5 Å². The van der Waals surface area contributed by atoms with Gasteiger partial charge in [-0.3, -0.25) is 0 Å². The average Bonchev–Trinajstić information content (AvgIpc) is 2.79. The van der Waals surface area contributed by atoms with Crippen molar-refractivity contribution in [2.75, 3.05) is 31.1 Å². The third-order valence-electron chi connectivity index (χ3n) is 5.04. The molecule has 0 aliphatic carbocycles. The average molecular weight is 389 g/mol. The van der Waals surface area contributed by atoms with Crippen LogP contribution in [0.25, 0.3) is 0 Å². The molecule has 0 radical (unpaired) electrons. The van der Waals surface area contributed by atoms with Gasteiger partial charge in [0.1, 0.15) is 17.3 Å². The molecule has 0 amide bonds. The first-order chi connectivity index (χ1) is 13.8. The molecule has 0 bridgehead atoms. The molecule has 1 aliphatic heterocycles. The van der Waals surface area contributed by atoms with Gasteiger partial charge in [-0.1, -0.05) is 60.7 Å². The number of piperazine rings is 1. The lowest BCUT2D eigenvalue weighted by Gasteiger charge is -2.37. The van der Waals surface area contributed by atoms with E-state index in [0.29, 0.717) is 6.61 Å². The number of para-hydroxylation sites is 1. The predicted octanol–water partition coefficient (Wildman–Crippen LogP) is 4.76. The maximum absolute atomic E-state index is 5.87. The van der Waals surface area contributed by atoms with Crippen LogP contribution in [0.1, 0.15) is 11.1 Å². The van der Waals surface area contributed by atoms with E-state index in [1.165, 1.54) is 11.3 Å². The molecule has 0 unspecified atom stereocenters. The summed E-state index contributed by atoms with van der Waals surface area (Å²) in [6, 6.07) is 28.9. The summed E-state index contributed by atoms with van der Waals surface area (Å²) in [5.74, 6) is 0.865. The van der Waals surface area contributed by atoms with Crippen molar-refractivity contribution >= 4 is 22.9 Å².